The van der Waals surface area contributed by atoms with E-state index in [9.17, 15) is 13.6 Å². The predicted molar refractivity (Wildman–Crippen MR) is 83.7 cm³/mol. The Morgan fingerprint density at radius 1 is 1.14 bits per heavy atom. The number of rotatable bonds is 2. The van der Waals surface area contributed by atoms with Crippen LogP contribution in [0.4, 0.5) is 14.5 Å². The number of hydrogen-bond acceptors (Lipinski definition) is 3. The molecule has 3 aromatic rings. The fraction of sp³-hybridized carbons (Fsp3) is 0. The van der Waals surface area contributed by atoms with Crippen molar-refractivity contribution in [2.24, 2.45) is 0 Å². The van der Waals surface area contributed by atoms with Gasteiger partial charge < -0.3 is 5.73 Å². The number of thiophene rings is 1. The molecule has 106 valence electrons. The van der Waals surface area contributed by atoms with Crippen LogP contribution in [0.15, 0.2) is 40.2 Å². The van der Waals surface area contributed by atoms with Crippen LogP contribution in [0.3, 0.4) is 0 Å². The molecule has 0 amide bonds. The van der Waals surface area contributed by atoms with Crippen LogP contribution < -0.4 is 5.73 Å². The van der Waals surface area contributed by atoms with Gasteiger partial charge in [0.25, 0.3) is 0 Å². The quantitative estimate of drug-likeness (QED) is 0.524. The Bertz CT molecular complexity index is 875. The third-order valence-electron chi connectivity index (χ3n) is 3.13. The van der Waals surface area contributed by atoms with Crippen LogP contribution in [0, 0.1) is 11.6 Å². The lowest BCUT2D eigenvalue weighted by Gasteiger charge is -2.04. The van der Waals surface area contributed by atoms with E-state index >= 15 is 0 Å². The fourth-order valence-electron chi connectivity index (χ4n) is 2.08. The molecule has 0 saturated carbocycles. The second-order valence-corrected chi connectivity index (χ2v) is 6.18. The second kappa shape index (κ2) is 5.20. The highest BCUT2D eigenvalue weighted by atomic mass is 79.9. The van der Waals surface area contributed by atoms with Crippen molar-refractivity contribution in [1.29, 1.82) is 0 Å². The van der Waals surface area contributed by atoms with Crippen molar-refractivity contribution in [3.05, 3.63) is 62.9 Å². The Kier molecular flexibility index (Phi) is 3.51. The van der Waals surface area contributed by atoms with Gasteiger partial charge in [0.2, 0.25) is 0 Å². The summed E-state index contributed by atoms with van der Waals surface area (Å²) in [5, 5.41) is 2.39. The smallest absolute Gasteiger partial charge is 0.197 e. The molecule has 3 rings (SSSR count). The lowest BCUT2D eigenvalue weighted by atomic mass is 10.0. The maximum Gasteiger partial charge on any atom is 0.197 e. The zero-order valence-corrected chi connectivity index (χ0v) is 12.9. The van der Waals surface area contributed by atoms with E-state index in [2.05, 4.69) is 15.9 Å². The van der Waals surface area contributed by atoms with Gasteiger partial charge in [0.05, 0.1) is 11.3 Å². The number of fused-ring (bicyclic) bond motifs is 1. The molecule has 21 heavy (non-hydrogen) atoms. The summed E-state index contributed by atoms with van der Waals surface area (Å²) in [5.74, 6) is -2.30. The van der Waals surface area contributed by atoms with Crippen molar-refractivity contribution in [3.63, 3.8) is 0 Å². The van der Waals surface area contributed by atoms with Crippen LogP contribution in [-0.2, 0) is 0 Å². The molecule has 2 nitrogen and oxygen atoms in total. The topological polar surface area (TPSA) is 43.1 Å². The first-order valence-electron chi connectivity index (χ1n) is 5.94. The predicted octanol–water partition coefficient (Wildman–Crippen LogP) is 4.76. The highest BCUT2D eigenvalue weighted by Gasteiger charge is 2.20. The van der Waals surface area contributed by atoms with E-state index in [1.165, 1.54) is 11.3 Å². The number of benzene rings is 2. The van der Waals surface area contributed by atoms with Crippen LogP contribution in [0.25, 0.3) is 10.1 Å². The number of nitrogens with two attached hydrogens (primary N) is 1. The average molecular weight is 368 g/mol. The van der Waals surface area contributed by atoms with Crippen molar-refractivity contribution in [3.8, 4) is 0 Å². The monoisotopic (exact) mass is 367 g/mol. The average Bonchev–Trinajstić information content (AvgIpc) is 2.87. The van der Waals surface area contributed by atoms with Gasteiger partial charge in [0.1, 0.15) is 11.6 Å². The molecular formula is C15H8BrF2NOS. The van der Waals surface area contributed by atoms with Gasteiger partial charge in [-0.1, -0.05) is 12.1 Å². The van der Waals surface area contributed by atoms with Gasteiger partial charge in [-0.15, -0.1) is 11.3 Å². The Labute approximate surface area is 131 Å². The second-order valence-electron chi connectivity index (χ2n) is 4.45. The molecule has 0 spiro atoms. The molecule has 0 radical (unpaired) electrons. The van der Waals surface area contributed by atoms with Crippen LogP contribution >= 0.6 is 27.3 Å². The SMILES string of the molecule is Nc1cc(C(=O)c2csc3c(Br)cccc23)c(F)cc1F. The molecule has 0 atom stereocenters. The third kappa shape index (κ3) is 2.34. The number of nitrogen functional groups attached to an aromatic ring is 1. The van der Waals surface area contributed by atoms with Gasteiger partial charge in [-0.2, -0.15) is 0 Å². The summed E-state index contributed by atoms with van der Waals surface area (Å²) in [6, 6.07) is 7.12. The first-order valence-corrected chi connectivity index (χ1v) is 7.61. The van der Waals surface area contributed by atoms with Crippen molar-refractivity contribution >= 4 is 48.8 Å². The molecule has 2 N–H and O–H groups in total. The van der Waals surface area contributed by atoms with Crippen molar-refractivity contribution in [1.82, 2.24) is 0 Å². The molecule has 2 aromatic carbocycles. The first-order chi connectivity index (χ1) is 9.99. The van der Waals surface area contributed by atoms with E-state index in [1.54, 1.807) is 17.5 Å². The minimum Gasteiger partial charge on any atom is -0.396 e. The summed E-state index contributed by atoms with van der Waals surface area (Å²) in [6.45, 7) is 0. The molecule has 1 aromatic heterocycles. The van der Waals surface area contributed by atoms with Crippen molar-refractivity contribution in [2.45, 2.75) is 0 Å². The highest BCUT2D eigenvalue weighted by Crippen LogP contribution is 2.34. The van der Waals surface area contributed by atoms with Crippen molar-refractivity contribution < 1.29 is 13.6 Å². The molecule has 0 aliphatic heterocycles. The van der Waals surface area contributed by atoms with Gasteiger partial charge in [0, 0.05) is 31.6 Å². The fourth-order valence-corrected chi connectivity index (χ4v) is 3.68. The van der Waals surface area contributed by atoms with Crippen LogP contribution in [0.1, 0.15) is 15.9 Å². The summed E-state index contributed by atoms with van der Waals surface area (Å²) in [4.78, 5) is 12.5. The summed E-state index contributed by atoms with van der Waals surface area (Å²) < 4.78 is 28.8. The number of halogens is 3. The standard InChI is InChI=1S/C15H8BrF2NOS/c16-10-3-1-2-7-9(6-21-15(7)10)14(20)8-4-13(19)12(18)5-11(8)17/h1-6H,19H2. The highest BCUT2D eigenvalue weighted by molar-refractivity contribution is 9.10. The molecular weight excluding hydrogens is 360 g/mol. The Balaban J connectivity index is 2.18. The molecule has 0 aliphatic rings. The molecule has 0 bridgehead atoms. The molecule has 0 fully saturated rings. The third-order valence-corrected chi connectivity index (χ3v) is 5.08. The van der Waals surface area contributed by atoms with Gasteiger partial charge >= 0.3 is 0 Å². The first kappa shape index (κ1) is 14.2. The van der Waals surface area contributed by atoms with Gasteiger partial charge in [-0.05, 0) is 28.1 Å². The van der Waals surface area contributed by atoms with E-state index in [0.717, 1.165) is 20.6 Å². The molecule has 6 heteroatoms. The molecule has 0 saturated heterocycles. The van der Waals surface area contributed by atoms with E-state index in [4.69, 9.17) is 5.73 Å². The van der Waals surface area contributed by atoms with Crippen LogP contribution in [-0.4, -0.2) is 5.78 Å². The van der Waals surface area contributed by atoms with Gasteiger partial charge in [-0.25, -0.2) is 8.78 Å². The summed E-state index contributed by atoms with van der Waals surface area (Å²) in [7, 11) is 0. The summed E-state index contributed by atoms with van der Waals surface area (Å²) >= 11 is 4.79. The molecule has 1 heterocycles. The maximum atomic E-state index is 13.8. The molecule has 0 aliphatic carbocycles. The number of hydrogen-bond donors (Lipinski definition) is 1. The number of ketones is 1. The van der Waals surface area contributed by atoms with E-state index in [-0.39, 0.29) is 11.3 Å². The van der Waals surface area contributed by atoms with Crippen LogP contribution in [0.2, 0.25) is 0 Å². The van der Waals surface area contributed by atoms with E-state index < -0.39 is 17.4 Å². The van der Waals surface area contributed by atoms with E-state index in [0.29, 0.717) is 11.6 Å². The maximum absolute atomic E-state index is 13.8. The lowest BCUT2D eigenvalue weighted by Crippen LogP contribution is -2.06. The largest absolute Gasteiger partial charge is 0.396 e. The van der Waals surface area contributed by atoms with Gasteiger partial charge in [0.15, 0.2) is 5.78 Å². The lowest BCUT2D eigenvalue weighted by molar-refractivity contribution is 0.103. The normalized spacial score (nSPS) is 11.0. The van der Waals surface area contributed by atoms with Crippen LogP contribution in [0.5, 0.6) is 0 Å². The van der Waals surface area contributed by atoms with E-state index in [1.807, 2.05) is 6.07 Å². The number of anilines is 1. The number of carbonyl (C=O) groups excluding carboxylic acids is 1. The summed E-state index contributed by atoms with van der Waals surface area (Å²) in [6.07, 6.45) is 0. The Morgan fingerprint density at radius 3 is 2.67 bits per heavy atom. The summed E-state index contributed by atoms with van der Waals surface area (Å²) in [5.41, 5.74) is 5.32. The Hall–Kier alpha value is -1.79. The van der Waals surface area contributed by atoms with Gasteiger partial charge in [-0.3, -0.25) is 4.79 Å². The zero-order chi connectivity index (χ0) is 15.1. The van der Waals surface area contributed by atoms with Crippen molar-refractivity contribution in [2.75, 3.05) is 5.73 Å². The zero-order valence-electron chi connectivity index (χ0n) is 10.5. The Morgan fingerprint density at radius 2 is 1.90 bits per heavy atom. The minimum absolute atomic E-state index is 0.228. The minimum atomic E-state index is -0.916. The number of carbonyl (C=O) groups is 1. The molecule has 0 unspecified atom stereocenters.